The molecule has 4 nitrogen and oxygen atoms in total. The molecule has 0 aliphatic carbocycles. The average Bonchev–Trinajstić information content (AvgIpc) is 2.33. The van der Waals surface area contributed by atoms with Gasteiger partial charge in [-0.2, -0.15) is 0 Å². The summed E-state index contributed by atoms with van der Waals surface area (Å²) in [5.41, 5.74) is 0. The zero-order chi connectivity index (χ0) is 8.81. The maximum absolute atomic E-state index is 10.8. The Hall–Kier alpha value is -1.84. The van der Waals surface area contributed by atoms with Crippen molar-refractivity contribution in [3.8, 4) is 0 Å². The zero-order valence-electron chi connectivity index (χ0n) is 6.45. The van der Waals surface area contributed by atoms with Crippen molar-refractivity contribution in [1.29, 1.82) is 0 Å². The highest BCUT2D eigenvalue weighted by Gasteiger charge is 1.97. The third-order valence-electron chi connectivity index (χ3n) is 1.17. The number of rotatable bonds is 2. The van der Waals surface area contributed by atoms with Crippen LogP contribution in [-0.4, -0.2) is 12.2 Å². The molecule has 12 heavy (non-hydrogen) atoms. The molecular weight excluding hydrogens is 154 g/mol. The van der Waals surface area contributed by atoms with Crippen LogP contribution in [0.5, 0.6) is 0 Å². The summed E-state index contributed by atoms with van der Waals surface area (Å²) in [4.78, 5) is 14.6. The minimum atomic E-state index is -0.252. The fourth-order valence-electron chi connectivity index (χ4n) is 0.648. The van der Waals surface area contributed by atoms with Gasteiger partial charge in [0.05, 0.1) is 6.34 Å². The molecule has 0 saturated carbocycles. The molecule has 0 aromatic carbocycles. The van der Waals surface area contributed by atoms with Gasteiger partial charge in [-0.1, -0.05) is 6.58 Å². The zero-order valence-corrected chi connectivity index (χ0v) is 6.45. The molecule has 1 aliphatic heterocycles. The quantitative estimate of drug-likeness (QED) is 0.574. The van der Waals surface area contributed by atoms with Crippen LogP contribution in [0, 0.1) is 0 Å². The average molecular weight is 163 g/mol. The monoisotopic (exact) mass is 163 g/mol. The van der Waals surface area contributed by atoms with E-state index in [1.165, 1.54) is 12.4 Å². The summed E-state index contributed by atoms with van der Waals surface area (Å²) in [6.07, 6.45) is 7.72. The molecule has 0 unspecified atom stereocenters. The van der Waals surface area contributed by atoms with Crippen molar-refractivity contribution in [2.24, 2.45) is 4.99 Å². The SMILES string of the molecule is C=CC(=O)NC1=CC=CN=CN1. The summed E-state index contributed by atoms with van der Waals surface area (Å²) in [5, 5.41) is 5.33. The molecule has 1 rings (SSSR count). The highest BCUT2D eigenvalue weighted by molar-refractivity contribution is 5.88. The number of hydrogen-bond donors (Lipinski definition) is 2. The molecule has 0 radical (unpaired) electrons. The van der Waals surface area contributed by atoms with Crippen LogP contribution in [0.4, 0.5) is 0 Å². The first-order valence-corrected chi connectivity index (χ1v) is 3.41. The Kier molecular flexibility index (Phi) is 2.84. The van der Waals surface area contributed by atoms with E-state index in [4.69, 9.17) is 0 Å². The van der Waals surface area contributed by atoms with E-state index in [2.05, 4.69) is 22.2 Å². The molecule has 2 N–H and O–H groups in total. The van der Waals surface area contributed by atoms with Crippen LogP contribution in [0.2, 0.25) is 0 Å². The van der Waals surface area contributed by atoms with E-state index in [9.17, 15) is 4.79 Å². The van der Waals surface area contributed by atoms with Crippen molar-refractivity contribution in [2.75, 3.05) is 0 Å². The molecule has 0 atom stereocenters. The second kappa shape index (κ2) is 4.12. The van der Waals surface area contributed by atoms with E-state index in [1.54, 1.807) is 18.4 Å². The van der Waals surface area contributed by atoms with Gasteiger partial charge in [0.15, 0.2) is 0 Å². The van der Waals surface area contributed by atoms with E-state index in [1.807, 2.05) is 0 Å². The lowest BCUT2D eigenvalue weighted by Crippen LogP contribution is -2.29. The summed E-state index contributed by atoms with van der Waals surface area (Å²) in [6.45, 7) is 3.33. The highest BCUT2D eigenvalue weighted by atomic mass is 16.1. The number of allylic oxidation sites excluding steroid dienone is 2. The van der Waals surface area contributed by atoms with Crippen molar-refractivity contribution in [2.45, 2.75) is 0 Å². The topological polar surface area (TPSA) is 53.5 Å². The van der Waals surface area contributed by atoms with Gasteiger partial charge in [0.2, 0.25) is 5.91 Å². The second-order valence-electron chi connectivity index (χ2n) is 2.04. The summed E-state index contributed by atoms with van der Waals surface area (Å²) in [7, 11) is 0. The number of hydrogen-bond acceptors (Lipinski definition) is 3. The number of aliphatic imine (C=N–C) groups is 1. The molecule has 1 amide bonds. The molecule has 0 saturated heterocycles. The molecule has 62 valence electrons. The van der Waals surface area contributed by atoms with E-state index in [-0.39, 0.29) is 5.91 Å². The van der Waals surface area contributed by atoms with Crippen LogP contribution in [0.1, 0.15) is 0 Å². The van der Waals surface area contributed by atoms with Crippen LogP contribution >= 0.6 is 0 Å². The Morgan fingerprint density at radius 3 is 3.33 bits per heavy atom. The Balaban J connectivity index is 2.57. The highest BCUT2D eigenvalue weighted by Crippen LogP contribution is 1.88. The molecule has 0 aromatic rings. The van der Waals surface area contributed by atoms with Crippen molar-refractivity contribution >= 4 is 12.2 Å². The third-order valence-corrected chi connectivity index (χ3v) is 1.17. The van der Waals surface area contributed by atoms with Crippen molar-refractivity contribution in [1.82, 2.24) is 10.6 Å². The number of carbonyl (C=O) groups excluding carboxylic acids is 1. The first-order valence-electron chi connectivity index (χ1n) is 3.41. The normalized spacial score (nSPS) is 14.2. The van der Waals surface area contributed by atoms with Gasteiger partial charge in [-0.15, -0.1) is 0 Å². The van der Waals surface area contributed by atoms with Crippen LogP contribution in [0.25, 0.3) is 0 Å². The number of nitrogens with one attached hydrogen (secondary N) is 2. The Labute approximate surface area is 70.4 Å². The summed E-state index contributed by atoms with van der Waals surface area (Å²) in [6, 6.07) is 0. The van der Waals surface area contributed by atoms with E-state index >= 15 is 0 Å². The number of carbonyl (C=O) groups is 1. The first kappa shape index (κ1) is 8.26. The summed E-state index contributed by atoms with van der Waals surface area (Å²) < 4.78 is 0. The van der Waals surface area contributed by atoms with Gasteiger partial charge in [-0.05, 0) is 18.2 Å². The van der Waals surface area contributed by atoms with Gasteiger partial charge in [0.25, 0.3) is 0 Å². The van der Waals surface area contributed by atoms with Gasteiger partial charge in [0, 0.05) is 6.20 Å². The van der Waals surface area contributed by atoms with E-state index < -0.39 is 0 Å². The molecule has 1 aliphatic rings. The molecule has 0 aromatic heterocycles. The van der Waals surface area contributed by atoms with Crippen LogP contribution in [0.15, 0.2) is 41.8 Å². The lowest BCUT2D eigenvalue weighted by Gasteiger charge is -2.04. The Bertz CT molecular complexity index is 276. The lowest BCUT2D eigenvalue weighted by molar-refractivity contribution is -0.115. The lowest BCUT2D eigenvalue weighted by atomic mass is 10.5. The largest absolute Gasteiger partial charge is 0.333 e. The summed E-state index contributed by atoms with van der Waals surface area (Å²) in [5.74, 6) is 0.329. The smallest absolute Gasteiger partial charge is 0.248 e. The van der Waals surface area contributed by atoms with Crippen LogP contribution in [0.3, 0.4) is 0 Å². The number of amides is 1. The molecule has 4 heteroatoms. The first-order chi connectivity index (χ1) is 5.83. The van der Waals surface area contributed by atoms with Gasteiger partial charge in [-0.25, -0.2) is 4.99 Å². The fourth-order valence-corrected chi connectivity index (χ4v) is 0.648. The minimum absolute atomic E-state index is 0.252. The predicted octanol–water partition coefficient (Wildman–Crippen LogP) is 0.275. The van der Waals surface area contributed by atoms with Crippen LogP contribution < -0.4 is 10.6 Å². The van der Waals surface area contributed by atoms with E-state index in [0.29, 0.717) is 5.82 Å². The van der Waals surface area contributed by atoms with Gasteiger partial charge in [-0.3, -0.25) is 4.79 Å². The predicted molar refractivity (Wildman–Crippen MR) is 47.2 cm³/mol. The fraction of sp³-hybridized carbons (Fsp3) is 0. The molecule has 0 spiro atoms. The van der Waals surface area contributed by atoms with Gasteiger partial charge in [0.1, 0.15) is 5.82 Å². The molecular formula is C8H9N3O. The standard InChI is InChI=1S/C8H9N3O/c1-2-8(12)11-7-4-3-5-9-6-10-7/h2-6H,1H2,(H,9,10)(H,11,12). The molecule has 0 bridgehead atoms. The van der Waals surface area contributed by atoms with Crippen molar-refractivity contribution in [3.63, 3.8) is 0 Å². The third kappa shape index (κ3) is 2.42. The second-order valence-corrected chi connectivity index (χ2v) is 2.04. The summed E-state index contributed by atoms with van der Waals surface area (Å²) >= 11 is 0. The van der Waals surface area contributed by atoms with Crippen LogP contribution in [-0.2, 0) is 4.79 Å². The molecule has 1 heterocycles. The van der Waals surface area contributed by atoms with Gasteiger partial charge >= 0.3 is 0 Å². The minimum Gasteiger partial charge on any atom is -0.333 e. The van der Waals surface area contributed by atoms with E-state index in [0.717, 1.165) is 0 Å². The molecule has 0 fully saturated rings. The maximum Gasteiger partial charge on any atom is 0.248 e. The van der Waals surface area contributed by atoms with Crippen molar-refractivity contribution < 1.29 is 4.79 Å². The Morgan fingerprint density at radius 1 is 1.75 bits per heavy atom. The van der Waals surface area contributed by atoms with Crippen molar-refractivity contribution in [3.05, 3.63) is 36.8 Å². The Morgan fingerprint density at radius 2 is 2.58 bits per heavy atom. The number of nitrogens with zero attached hydrogens (tertiary/aromatic N) is 1. The maximum atomic E-state index is 10.8. The van der Waals surface area contributed by atoms with Gasteiger partial charge < -0.3 is 10.6 Å².